The van der Waals surface area contributed by atoms with Gasteiger partial charge in [-0.15, -0.1) is 0 Å². The van der Waals surface area contributed by atoms with E-state index in [1.807, 2.05) is 0 Å². The highest BCUT2D eigenvalue weighted by molar-refractivity contribution is 6.37. The summed E-state index contributed by atoms with van der Waals surface area (Å²) in [4.78, 5) is 24.0. The Morgan fingerprint density at radius 2 is 1.83 bits per heavy atom. The third-order valence-corrected chi connectivity index (χ3v) is 4.79. The molecule has 2 rings (SSSR count). The van der Waals surface area contributed by atoms with Gasteiger partial charge in [-0.1, -0.05) is 43.0 Å². The zero-order valence-corrected chi connectivity index (χ0v) is 15.2. The van der Waals surface area contributed by atoms with E-state index in [1.165, 1.54) is 25.7 Å². The molecule has 0 radical (unpaired) electrons. The van der Waals surface area contributed by atoms with Gasteiger partial charge in [0.15, 0.2) is 12.4 Å². The number of halogens is 2. The van der Waals surface area contributed by atoms with Gasteiger partial charge in [0.05, 0.1) is 22.7 Å². The van der Waals surface area contributed by atoms with E-state index in [4.69, 9.17) is 32.7 Å². The zero-order valence-electron chi connectivity index (χ0n) is 13.7. The fourth-order valence-corrected chi connectivity index (χ4v) is 3.51. The Labute approximate surface area is 151 Å². The molecule has 0 spiro atoms. The molecule has 1 amide bonds. The molecule has 1 aliphatic rings. The summed E-state index contributed by atoms with van der Waals surface area (Å²) in [6, 6.07) is 2.95. The number of carbonyl (C=O) groups excluding carboxylic acids is 2. The van der Waals surface area contributed by atoms with Gasteiger partial charge in [0.1, 0.15) is 0 Å². The van der Waals surface area contributed by atoms with Gasteiger partial charge >= 0.3 is 5.97 Å². The standard InChI is InChI=1S/C17H21Cl2NO4/c1-10-5-3-4-6-14(10)20-15(21)9-24-17(22)11-7-12(18)16(23-2)13(19)8-11/h7-8,10,14H,3-6,9H2,1-2H3,(H,20,21)/t10-,14+/m1/s1. The third-order valence-electron chi connectivity index (χ3n) is 4.23. The smallest absolute Gasteiger partial charge is 0.338 e. The van der Waals surface area contributed by atoms with Crippen molar-refractivity contribution in [3.8, 4) is 5.75 Å². The van der Waals surface area contributed by atoms with Gasteiger partial charge in [-0.05, 0) is 30.9 Å². The summed E-state index contributed by atoms with van der Waals surface area (Å²) in [6.07, 6.45) is 4.37. The van der Waals surface area contributed by atoms with E-state index in [-0.39, 0.29) is 34.2 Å². The Morgan fingerprint density at radius 3 is 2.42 bits per heavy atom. The van der Waals surface area contributed by atoms with Crippen LogP contribution < -0.4 is 10.1 Å². The maximum Gasteiger partial charge on any atom is 0.338 e. The molecule has 1 fully saturated rings. The van der Waals surface area contributed by atoms with Crippen molar-refractivity contribution in [1.29, 1.82) is 0 Å². The quantitative estimate of drug-likeness (QED) is 0.795. The molecule has 1 aromatic carbocycles. The lowest BCUT2D eigenvalue weighted by Crippen LogP contribution is -2.42. The molecule has 0 aliphatic heterocycles. The van der Waals surface area contributed by atoms with Crippen LogP contribution >= 0.6 is 23.2 Å². The molecule has 0 saturated heterocycles. The number of hydrogen-bond acceptors (Lipinski definition) is 4. The van der Waals surface area contributed by atoms with Crippen LogP contribution in [0.15, 0.2) is 12.1 Å². The van der Waals surface area contributed by atoms with Gasteiger partial charge in [0.25, 0.3) is 5.91 Å². The molecule has 1 N–H and O–H groups in total. The van der Waals surface area contributed by atoms with Crippen molar-refractivity contribution in [3.63, 3.8) is 0 Å². The normalized spacial score (nSPS) is 20.3. The highest BCUT2D eigenvalue weighted by atomic mass is 35.5. The van der Waals surface area contributed by atoms with E-state index in [0.29, 0.717) is 11.7 Å². The van der Waals surface area contributed by atoms with Crippen LogP contribution in [-0.2, 0) is 9.53 Å². The first-order valence-electron chi connectivity index (χ1n) is 7.92. The minimum absolute atomic E-state index is 0.148. The van der Waals surface area contributed by atoms with Crippen LogP contribution in [0.4, 0.5) is 0 Å². The number of esters is 1. The number of rotatable bonds is 5. The molecule has 132 valence electrons. The van der Waals surface area contributed by atoms with Crippen LogP contribution in [-0.4, -0.2) is 31.6 Å². The van der Waals surface area contributed by atoms with Gasteiger partial charge in [0, 0.05) is 6.04 Å². The summed E-state index contributed by atoms with van der Waals surface area (Å²) in [5, 5.41) is 3.34. The Hall–Kier alpha value is -1.46. The van der Waals surface area contributed by atoms with E-state index < -0.39 is 5.97 Å². The predicted octanol–water partition coefficient (Wildman–Crippen LogP) is 3.85. The first kappa shape index (κ1) is 18.9. The van der Waals surface area contributed by atoms with Crippen LogP contribution in [0.25, 0.3) is 0 Å². The van der Waals surface area contributed by atoms with Crippen molar-refractivity contribution in [2.24, 2.45) is 5.92 Å². The van der Waals surface area contributed by atoms with E-state index >= 15 is 0 Å². The average Bonchev–Trinajstić information content (AvgIpc) is 2.54. The Balaban J connectivity index is 1.89. The summed E-state index contributed by atoms with van der Waals surface area (Å²) in [5.74, 6) is -0.224. The van der Waals surface area contributed by atoms with Gasteiger partial charge in [-0.3, -0.25) is 4.79 Å². The topological polar surface area (TPSA) is 64.6 Å². The minimum Gasteiger partial charge on any atom is -0.494 e. The molecule has 0 unspecified atom stereocenters. The number of methoxy groups -OCH3 is 1. The van der Waals surface area contributed by atoms with E-state index in [9.17, 15) is 9.59 Å². The van der Waals surface area contributed by atoms with E-state index in [1.54, 1.807) is 0 Å². The van der Waals surface area contributed by atoms with Gasteiger partial charge in [-0.25, -0.2) is 4.79 Å². The molecule has 1 aliphatic carbocycles. The Morgan fingerprint density at radius 1 is 1.21 bits per heavy atom. The molecule has 1 aromatic rings. The lowest BCUT2D eigenvalue weighted by atomic mass is 9.86. The summed E-state index contributed by atoms with van der Waals surface area (Å²) >= 11 is 12.0. The van der Waals surface area contributed by atoms with Crippen LogP contribution in [0.1, 0.15) is 43.0 Å². The maximum atomic E-state index is 12.0. The third kappa shape index (κ3) is 4.77. The van der Waals surface area contributed by atoms with Crippen molar-refractivity contribution in [2.45, 2.75) is 38.6 Å². The van der Waals surface area contributed by atoms with E-state index in [2.05, 4.69) is 12.2 Å². The van der Waals surface area contributed by atoms with Gasteiger partial charge in [0.2, 0.25) is 0 Å². The molecule has 5 nitrogen and oxygen atoms in total. The lowest BCUT2D eigenvalue weighted by molar-refractivity contribution is -0.125. The van der Waals surface area contributed by atoms with Crippen molar-refractivity contribution in [3.05, 3.63) is 27.7 Å². The van der Waals surface area contributed by atoms with Gasteiger partial charge < -0.3 is 14.8 Å². The van der Waals surface area contributed by atoms with Crippen molar-refractivity contribution >= 4 is 35.1 Å². The molecular formula is C17H21Cl2NO4. The van der Waals surface area contributed by atoms with E-state index in [0.717, 1.165) is 19.3 Å². The molecule has 24 heavy (non-hydrogen) atoms. The second-order valence-electron chi connectivity index (χ2n) is 5.99. The average molecular weight is 374 g/mol. The van der Waals surface area contributed by atoms with Crippen LogP contribution in [0.5, 0.6) is 5.75 Å². The fourth-order valence-electron chi connectivity index (χ4n) is 2.87. The largest absolute Gasteiger partial charge is 0.494 e. The van der Waals surface area contributed by atoms with Crippen molar-refractivity contribution < 1.29 is 19.1 Å². The molecule has 2 atom stereocenters. The minimum atomic E-state index is -0.659. The molecule has 0 heterocycles. The van der Waals surface area contributed by atoms with Crippen LogP contribution in [0.3, 0.4) is 0 Å². The summed E-state index contributed by atoms with van der Waals surface area (Å²) in [7, 11) is 1.43. The first-order chi connectivity index (χ1) is 11.4. The maximum absolute atomic E-state index is 12.0. The highest BCUT2D eigenvalue weighted by Crippen LogP contribution is 2.34. The molecule has 7 heteroatoms. The van der Waals surface area contributed by atoms with Crippen LogP contribution in [0, 0.1) is 5.92 Å². The summed E-state index contributed by atoms with van der Waals surface area (Å²) in [6.45, 7) is 1.79. The number of ether oxygens (including phenoxy) is 2. The fraction of sp³-hybridized carbons (Fsp3) is 0.529. The predicted molar refractivity (Wildman–Crippen MR) is 92.9 cm³/mol. The SMILES string of the molecule is COc1c(Cl)cc(C(=O)OCC(=O)N[C@H]2CCCC[C@H]2C)cc1Cl. The number of nitrogens with one attached hydrogen (secondary N) is 1. The number of carbonyl (C=O) groups is 2. The number of amides is 1. The number of hydrogen-bond donors (Lipinski definition) is 1. The molecular weight excluding hydrogens is 353 g/mol. The number of benzene rings is 1. The van der Waals surface area contributed by atoms with Gasteiger partial charge in [-0.2, -0.15) is 0 Å². The first-order valence-corrected chi connectivity index (χ1v) is 8.67. The Bertz CT molecular complexity index is 598. The lowest BCUT2D eigenvalue weighted by Gasteiger charge is -2.29. The monoisotopic (exact) mass is 373 g/mol. The van der Waals surface area contributed by atoms with Crippen molar-refractivity contribution in [1.82, 2.24) is 5.32 Å². The van der Waals surface area contributed by atoms with Crippen molar-refractivity contribution in [2.75, 3.05) is 13.7 Å². The summed E-state index contributed by atoms with van der Waals surface area (Å²) in [5.41, 5.74) is 0.171. The molecule has 1 saturated carbocycles. The van der Waals surface area contributed by atoms with Crippen LogP contribution in [0.2, 0.25) is 10.0 Å². The Kier molecular flexibility index (Phi) is 6.75. The second kappa shape index (κ2) is 8.58. The molecule has 0 bridgehead atoms. The highest BCUT2D eigenvalue weighted by Gasteiger charge is 2.23. The molecule has 0 aromatic heterocycles. The second-order valence-corrected chi connectivity index (χ2v) is 6.80. The zero-order chi connectivity index (χ0) is 17.7. The summed E-state index contributed by atoms with van der Waals surface area (Å²) < 4.78 is 10.1.